The van der Waals surface area contributed by atoms with Crippen LogP contribution in [0.15, 0.2) is 30.3 Å². The molecule has 1 amide bonds. The van der Waals surface area contributed by atoms with E-state index >= 15 is 0 Å². The number of carbonyl (C=O) groups is 1. The SMILES string of the molecule is CC(C)(C)OC(=O)N1CC2(CC(c3ccccc3)CO2)C1. The standard InChI is InChI=1S/C17H23NO3/c1-16(2,3)21-15(19)18-11-17(12-18)9-14(10-20-17)13-7-5-4-6-8-13/h4-8,14H,9-12H2,1-3H3. The quantitative estimate of drug-likeness (QED) is 0.797. The lowest BCUT2D eigenvalue weighted by molar-refractivity contribution is -0.109. The molecule has 2 aliphatic heterocycles. The van der Waals surface area contributed by atoms with Gasteiger partial charge in [0.1, 0.15) is 11.2 Å². The summed E-state index contributed by atoms with van der Waals surface area (Å²) in [7, 11) is 0. The lowest BCUT2D eigenvalue weighted by Crippen LogP contribution is -2.63. The minimum atomic E-state index is -0.442. The van der Waals surface area contributed by atoms with Crippen LogP contribution in [0.4, 0.5) is 4.79 Å². The maximum absolute atomic E-state index is 12.0. The van der Waals surface area contributed by atoms with Crippen LogP contribution in [-0.2, 0) is 9.47 Å². The zero-order chi connectivity index (χ0) is 15.1. The fraction of sp³-hybridized carbons (Fsp3) is 0.588. The fourth-order valence-electron chi connectivity index (χ4n) is 3.11. The van der Waals surface area contributed by atoms with E-state index < -0.39 is 5.60 Å². The highest BCUT2D eigenvalue weighted by Crippen LogP contribution is 2.42. The summed E-state index contributed by atoms with van der Waals surface area (Å²) in [5.41, 5.74) is 0.727. The summed E-state index contributed by atoms with van der Waals surface area (Å²) in [6.07, 6.45) is 0.746. The van der Waals surface area contributed by atoms with Gasteiger partial charge in [-0.1, -0.05) is 30.3 Å². The molecule has 0 N–H and O–H groups in total. The van der Waals surface area contributed by atoms with Crippen molar-refractivity contribution in [2.75, 3.05) is 19.7 Å². The summed E-state index contributed by atoms with van der Waals surface area (Å²) in [6.45, 7) is 7.69. The molecule has 0 saturated carbocycles. The summed E-state index contributed by atoms with van der Waals surface area (Å²) >= 11 is 0. The van der Waals surface area contributed by atoms with Crippen molar-refractivity contribution in [1.29, 1.82) is 0 Å². The summed E-state index contributed by atoms with van der Waals surface area (Å²) in [5, 5.41) is 0. The van der Waals surface area contributed by atoms with E-state index in [1.54, 1.807) is 4.90 Å². The number of nitrogens with zero attached hydrogens (tertiary/aromatic N) is 1. The molecule has 0 radical (unpaired) electrons. The van der Waals surface area contributed by atoms with E-state index in [0.717, 1.165) is 13.0 Å². The number of benzene rings is 1. The second-order valence-corrected chi connectivity index (χ2v) is 7.14. The van der Waals surface area contributed by atoms with Crippen molar-refractivity contribution < 1.29 is 14.3 Å². The minimum absolute atomic E-state index is 0.155. The first-order valence-corrected chi connectivity index (χ1v) is 7.54. The predicted molar refractivity (Wildman–Crippen MR) is 80.3 cm³/mol. The van der Waals surface area contributed by atoms with E-state index in [-0.39, 0.29) is 11.7 Å². The van der Waals surface area contributed by atoms with Gasteiger partial charge in [-0.15, -0.1) is 0 Å². The predicted octanol–water partition coefficient (Wildman–Crippen LogP) is 3.18. The van der Waals surface area contributed by atoms with Crippen LogP contribution in [0.3, 0.4) is 0 Å². The van der Waals surface area contributed by atoms with Gasteiger partial charge >= 0.3 is 6.09 Å². The Labute approximate surface area is 126 Å². The molecule has 3 rings (SSSR count). The number of ether oxygens (including phenoxy) is 2. The molecule has 2 heterocycles. The Morgan fingerprint density at radius 1 is 1.29 bits per heavy atom. The van der Waals surface area contributed by atoms with Crippen LogP contribution in [0.2, 0.25) is 0 Å². The van der Waals surface area contributed by atoms with Gasteiger partial charge in [-0.25, -0.2) is 4.79 Å². The second kappa shape index (κ2) is 5.02. The smallest absolute Gasteiger partial charge is 0.410 e. The lowest BCUT2D eigenvalue weighted by Gasteiger charge is -2.47. The van der Waals surface area contributed by atoms with E-state index in [4.69, 9.17) is 9.47 Å². The fourth-order valence-corrected chi connectivity index (χ4v) is 3.11. The second-order valence-electron chi connectivity index (χ2n) is 7.14. The van der Waals surface area contributed by atoms with Crippen LogP contribution in [0.1, 0.15) is 38.7 Å². The van der Waals surface area contributed by atoms with E-state index in [9.17, 15) is 4.79 Å². The van der Waals surface area contributed by atoms with Crippen molar-refractivity contribution in [1.82, 2.24) is 4.90 Å². The zero-order valence-electron chi connectivity index (χ0n) is 13.0. The molecular formula is C17H23NO3. The highest BCUT2D eigenvalue weighted by molar-refractivity contribution is 5.69. The normalized spacial score (nSPS) is 24.0. The molecule has 114 valence electrons. The molecule has 1 aromatic rings. The van der Waals surface area contributed by atoms with Gasteiger partial charge < -0.3 is 14.4 Å². The summed E-state index contributed by atoms with van der Waals surface area (Å²) in [5.74, 6) is 0.437. The van der Waals surface area contributed by atoms with Crippen LogP contribution >= 0.6 is 0 Å². The van der Waals surface area contributed by atoms with E-state index in [0.29, 0.717) is 19.0 Å². The van der Waals surface area contributed by atoms with Crippen molar-refractivity contribution in [2.24, 2.45) is 0 Å². The topological polar surface area (TPSA) is 38.8 Å². The molecule has 0 aliphatic carbocycles. The van der Waals surface area contributed by atoms with Crippen molar-refractivity contribution in [3.63, 3.8) is 0 Å². The molecule has 4 nitrogen and oxygen atoms in total. The van der Waals surface area contributed by atoms with Crippen molar-refractivity contribution in [2.45, 2.75) is 44.3 Å². The lowest BCUT2D eigenvalue weighted by atomic mass is 9.84. The van der Waals surface area contributed by atoms with Crippen LogP contribution in [0, 0.1) is 0 Å². The first-order valence-electron chi connectivity index (χ1n) is 7.54. The monoisotopic (exact) mass is 289 g/mol. The number of hydrogen-bond acceptors (Lipinski definition) is 3. The molecule has 1 unspecified atom stereocenters. The van der Waals surface area contributed by atoms with Gasteiger partial charge in [0.15, 0.2) is 0 Å². The van der Waals surface area contributed by atoms with Gasteiger partial charge in [-0.2, -0.15) is 0 Å². The van der Waals surface area contributed by atoms with E-state index in [1.807, 2.05) is 26.8 Å². The largest absolute Gasteiger partial charge is 0.444 e. The Balaban J connectivity index is 1.55. The van der Waals surface area contributed by atoms with Crippen LogP contribution < -0.4 is 0 Å². The Morgan fingerprint density at radius 2 is 1.95 bits per heavy atom. The Hall–Kier alpha value is -1.55. The van der Waals surface area contributed by atoms with Crippen LogP contribution in [-0.4, -0.2) is 41.9 Å². The molecule has 1 aromatic carbocycles. The molecule has 0 aromatic heterocycles. The summed E-state index contributed by atoms with van der Waals surface area (Å²) in [6, 6.07) is 10.5. The van der Waals surface area contributed by atoms with Crippen LogP contribution in [0.25, 0.3) is 0 Å². The number of rotatable bonds is 1. The van der Waals surface area contributed by atoms with Crippen LogP contribution in [0.5, 0.6) is 0 Å². The average Bonchev–Trinajstić information content (AvgIpc) is 2.81. The molecule has 0 bridgehead atoms. The van der Waals surface area contributed by atoms with Gasteiger partial charge in [-0.05, 0) is 32.8 Å². The van der Waals surface area contributed by atoms with E-state index in [1.165, 1.54) is 5.56 Å². The third-order valence-electron chi connectivity index (χ3n) is 4.09. The molecular weight excluding hydrogens is 266 g/mol. The molecule has 1 spiro atoms. The third-order valence-corrected chi connectivity index (χ3v) is 4.09. The average molecular weight is 289 g/mol. The summed E-state index contributed by atoms with van der Waals surface area (Å²) in [4.78, 5) is 13.7. The van der Waals surface area contributed by atoms with Crippen molar-refractivity contribution in [3.8, 4) is 0 Å². The molecule has 21 heavy (non-hydrogen) atoms. The molecule has 2 aliphatic rings. The maximum atomic E-state index is 12.0. The third kappa shape index (κ3) is 3.05. The Bertz CT molecular complexity index is 515. The van der Waals surface area contributed by atoms with Crippen molar-refractivity contribution >= 4 is 6.09 Å². The molecule has 2 saturated heterocycles. The first kappa shape index (κ1) is 14.4. The van der Waals surface area contributed by atoms with Gasteiger partial charge in [0, 0.05) is 5.92 Å². The molecule has 4 heteroatoms. The van der Waals surface area contributed by atoms with E-state index in [2.05, 4.69) is 24.3 Å². The zero-order valence-corrected chi connectivity index (χ0v) is 13.0. The molecule has 2 fully saturated rings. The summed E-state index contributed by atoms with van der Waals surface area (Å²) < 4.78 is 11.4. The number of amides is 1. The first-order chi connectivity index (χ1) is 9.87. The van der Waals surface area contributed by atoms with Gasteiger partial charge in [0.25, 0.3) is 0 Å². The number of carbonyl (C=O) groups excluding carboxylic acids is 1. The van der Waals surface area contributed by atoms with Gasteiger partial charge in [-0.3, -0.25) is 0 Å². The maximum Gasteiger partial charge on any atom is 0.410 e. The molecule has 1 atom stereocenters. The highest BCUT2D eigenvalue weighted by atomic mass is 16.6. The Morgan fingerprint density at radius 3 is 2.57 bits per heavy atom. The Kier molecular flexibility index (Phi) is 3.44. The minimum Gasteiger partial charge on any atom is -0.444 e. The van der Waals surface area contributed by atoms with Gasteiger partial charge in [0.05, 0.1) is 19.7 Å². The number of likely N-dealkylation sites (tertiary alicyclic amines) is 1. The van der Waals surface area contributed by atoms with Crippen molar-refractivity contribution in [3.05, 3.63) is 35.9 Å². The van der Waals surface area contributed by atoms with Gasteiger partial charge in [0.2, 0.25) is 0 Å². The number of hydrogen-bond donors (Lipinski definition) is 0. The highest BCUT2D eigenvalue weighted by Gasteiger charge is 2.52.